The molecular formula is C32H54N7O19P3S. The predicted octanol–water partition coefficient (Wildman–Crippen LogP) is 1.26. The number of phosphoric acid groups is 3. The van der Waals surface area contributed by atoms with E-state index >= 15 is 0 Å². The topological polar surface area (TPSA) is 401 Å². The van der Waals surface area contributed by atoms with Crippen LogP contribution in [0.5, 0.6) is 0 Å². The van der Waals surface area contributed by atoms with Crippen LogP contribution in [0.4, 0.5) is 5.82 Å². The van der Waals surface area contributed by atoms with E-state index in [9.17, 15) is 62.7 Å². The van der Waals surface area contributed by atoms with Gasteiger partial charge in [-0.05, 0) is 12.8 Å². The fraction of sp³-hybridized carbons (Fsp3) is 0.719. The quantitative estimate of drug-likeness (QED) is 0.0405. The van der Waals surface area contributed by atoms with Crippen LogP contribution in [-0.4, -0.2) is 134 Å². The molecule has 1 aliphatic heterocycles. The fourth-order valence-electron chi connectivity index (χ4n) is 5.80. The molecule has 0 aromatic carbocycles. The molecule has 62 heavy (non-hydrogen) atoms. The van der Waals surface area contributed by atoms with Gasteiger partial charge in [-0.25, -0.2) is 28.6 Å². The largest absolute Gasteiger partial charge is 0.481 e. The lowest BCUT2D eigenvalue weighted by atomic mass is 9.87. The van der Waals surface area contributed by atoms with Crippen LogP contribution in [0.25, 0.3) is 11.2 Å². The molecule has 2 amide bonds. The maximum Gasteiger partial charge on any atom is 0.481 e. The van der Waals surface area contributed by atoms with E-state index in [1.165, 1.54) is 13.8 Å². The maximum atomic E-state index is 12.7. The molecule has 1 saturated heterocycles. The lowest BCUT2D eigenvalue weighted by Crippen LogP contribution is -2.46. The van der Waals surface area contributed by atoms with Crippen LogP contribution in [0, 0.1) is 5.41 Å². The Labute approximate surface area is 359 Å². The molecule has 11 N–H and O–H groups in total. The molecule has 0 radical (unpaired) electrons. The van der Waals surface area contributed by atoms with E-state index in [1.807, 2.05) is 0 Å². The second kappa shape index (κ2) is 24.4. The highest BCUT2D eigenvalue weighted by molar-refractivity contribution is 8.13. The highest BCUT2D eigenvalue weighted by Crippen LogP contribution is 2.61. The lowest BCUT2D eigenvalue weighted by Gasteiger charge is -2.30. The minimum Gasteiger partial charge on any atom is -0.481 e. The van der Waals surface area contributed by atoms with E-state index in [4.69, 9.17) is 24.6 Å². The van der Waals surface area contributed by atoms with Gasteiger partial charge in [0.1, 0.15) is 36.3 Å². The summed E-state index contributed by atoms with van der Waals surface area (Å²) in [5, 5.41) is 35.1. The number of ether oxygens (including phenoxy) is 1. The minimum atomic E-state index is -5.58. The number of hydrogen-bond acceptors (Lipinski definition) is 19. The number of amides is 2. The third-order valence-corrected chi connectivity index (χ3v) is 13.1. The van der Waals surface area contributed by atoms with Crippen molar-refractivity contribution in [2.45, 2.75) is 109 Å². The Morgan fingerprint density at radius 2 is 1.55 bits per heavy atom. The number of carbonyl (C=O) groups excluding carboxylic acids is 3. The second-order valence-corrected chi connectivity index (χ2v) is 20.0. The number of anilines is 1. The minimum absolute atomic E-state index is 0.00219. The van der Waals surface area contributed by atoms with Gasteiger partial charge in [0.25, 0.3) is 0 Å². The number of thioether (sulfide) groups is 1. The van der Waals surface area contributed by atoms with Crippen molar-refractivity contribution in [2.75, 3.05) is 37.8 Å². The number of rotatable bonds is 29. The zero-order chi connectivity index (χ0) is 46.3. The van der Waals surface area contributed by atoms with Gasteiger partial charge in [-0.2, -0.15) is 4.31 Å². The summed E-state index contributed by atoms with van der Waals surface area (Å²) in [5.41, 5.74) is 4.24. The van der Waals surface area contributed by atoms with E-state index in [2.05, 4.69) is 34.4 Å². The van der Waals surface area contributed by atoms with Gasteiger partial charge in [-0.15, -0.1) is 0 Å². The fourth-order valence-corrected chi connectivity index (χ4v) is 9.35. The van der Waals surface area contributed by atoms with E-state index in [0.717, 1.165) is 67.5 Å². The molecule has 26 nitrogen and oxygen atoms in total. The number of nitrogens with zero attached hydrogens (tertiary/aromatic N) is 4. The summed E-state index contributed by atoms with van der Waals surface area (Å²) in [6.07, 6.45) is -0.323. The first-order valence-electron chi connectivity index (χ1n) is 19.2. The number of phosphoric ester groups is 3. The summed E-state index contributed by atoms with van der Waals surface area (Å²) in [6, 6.07) is 0. The average molecular weight is 966 g/mol. The maximum absolute atomic E-state index is 12.7. The monoisotopic (exact) mass is 965 g/mol. The van der Waals surface area contributed by atoms with Gasteiger partial charge in [-0.3, -0.25) is 37.3 Å². The summed E-state index contributed by atoms with van der Waals surface area (Å²) >= 11 is 1.09. The number of carboxylic acids is 1. The number of nitrogen functional groups attached to an aromatic ring is 1. The Balaban J connectivity index is 1.37. The van der Waals surface area contributed by atoms with Crippen LogP contribution in [0.1, 0.15) is 84.3 Å². The molecule has 30 heteroatoms. The van der Waals surface area contributed by atoms with E-state index < -0.39 is 90.5 Å². The third-order valence-electron chi connectivity index (χ3n) is 9.04. The number of aromatic nitrogens is 4. The van der Waals surface area contributed by atoms with Gasteiger partial charge in [0.05, 0.1) is 19.5 Å². The molecular weight excluding hydrogens is 911 g/mol. The van der Waals surface area contributed by atoms with Crippen molar-refractivity contribution in [3.8, 4) is 0 Å². The molecule has 7 atom stereocenters. The Bertz CT molecular complexity index is 1970. The molecule has 0 spiro atoms. The molecule has 0 saturated carbocycles. The third kappa shape index (κ3) is 18.3. The number of nitrogens with one attached hydrogen (secondary N) is 2. The summed E-state index contributed by atoms with van der Waals surface area (Å²) in [6.45, 7) is 0.445. The number of hydrogen-bond donors (Lipinski definition) is 10. The molecule has 1 fully saturated rings. The predicted molar refractivity (Wildman–Crippen MR) is 216 cm³/mol. The first-order chi connectivity index (χ1) is 28.9. The smallest absolute Gasteiger partial charge is 0.481 e. The van der Waals surface area contributed by atoms with Gasteiger partial charge < -0.3 is 56.0 Å². The highest BCUT2D eigenvalue weighted by Gasteiger charge is 2.50. The van der Waals surface area contributed by atoms with Crippen LogP contribution in [0.2, 0.25) is 0 Å². The molecule has 3 heterocycles. The van der Waals surface area contributed by atoms with E-state index in [0.29, 0.717) is 18.6 Å². The van der Waals surface area contributed by atoms with Crippen molar-refractivity contribution < 1.29 is 90.4 Å². The zero-order valence-electron chi connectivity index (χ0n) is 33.8. The van der Waals surface area contributed by atoms with Crippen LogP contribution >= 0.6 is 35.2 Å². The zero-order valence-corrected chi connectivity index (χ0v) is 37.3. The van der Waals surface area contributed by atoms with E-state index in [-0.39, 0.29) is 48.0 Å². The van der Waals surface area contributed by atoms with Gasteiger partial charge in [0.15, 0.2) is 22.8 Å². The molecule has 0 aliphatic carbocycles. The Kier molecular flexibility index (Phi) is 21.0. The van der Waals surface area contributed by atoms with Crippen molar-refractivity contribution in [2.24, 2.45) is 5.41 Å². The van der Waals surface area contributed by atoms with Crippen LogP contribution in [-0.2, 0) is 55.5 Å². The van der Waals surface area contributed by atoms with Gasteiger partial charge in [0.2, 0.25) is 11.8 Å². The molecule has 2 aromatic rings. The van der Waals surface area contributed by atoms with Crippen molar-refractivity contribution in [3.05, 3.63) is 12.7 Å². The molecule has 7 unspecified atom stereocenters. The molecule has 2 aromatic heterocycles. The van der Waals surface area contributed by atoms with Gasteiger partial charge in [0, 0.05) is 43.5 Å². The molecule has 1 aliphatic rings. The number of nitrogens with two attached hydrogens (primary N) is 1. The Morgan fingerprint density at radius 1 is 0.919 bits per heavy atom. The van der Waals surface area contributed by atoms with E-state index in [1.54, 1.807) is 0 Å². The lowest BCUT2D eigenvalue weighted by molar-refractivity contribution is -0.137. The number of aliphatic hydroxyl groups is 2. The van der Waals surface area contributed by atoms with Crippen molar-refractivity contribution in [1.29, 1.82) is 0 Å². The first kappa shape index (κ1) is 53.4. The van der Waals surface area contributed by atoms with Crippen LogP contribution < -0.4 is 16.4 Å². The number of unbranched alkanes of at least 4 members (excludes halogenated alkanes) is 6. The number of carboxylic acid groups (broad SMARTS) is 1. The first-order valence-corrected chi connectivity index (χ1v) is 24.7. The standard InChI is InChI=1S/C32H54N7O19P3S/c1-32(2,27(45)30(46)35-13-12-21(40)34-14-15-62-23(43)11-9-7-5-3-4-6-8-10-22(41)42)17-55-61(52,53)58-60(50,51)54-16-20-26(57-59(47,48)49)25(44)31(56-20)39-19-38-24-28(33)36-18-37-29(24)39/h18-20,25-27,31,44-45H,3-17H2,1-2H3,(H,34,40)(H,35,46)(H,41,42)(H,50,51)(H,52,53)(H2,33,36,37)(H2,47,48,49). The van der Waals surface area contributed by atoms with Crippen molar-refractivity contribution >= 4 is 75.1 Å². The van der Waals surface area contributed by atoms with Crippen molar-refractivity contribution in [1.82, 2.24) is 30.2 Å². The number of carbonyl (C=O) groups is 4. The summed E-state index contributed by atoms with van der Waals surface area (Å²) in [4.78, 5) is 98.4. The second-order valence-electron chi connectivity index (χ2n) is 14.7. The van der Waals surface area contributed by atoms with Crippen molar-refractivity contribution in [3.63, 3.8) is 0 Å². The number of aliphatic carboxylic acids is 1. The Hall–Kier alpha value is -2.97. The number of aliphatic hydroxyl groups excluding tert-OH is 2. The highest BCUT2D eigenvalue weighted by atomic mass is 32.2. The normalized spacial score (nSPS) is 20.6. The van der Waals surface area contributed by atoms with Gasteiger partial charge >= 0.3 is 29.4 Å². The SMILES string of the molecule is CC(C)(COP(=O)(O)OP(=O)(O)OCC1OC(n2cnc3c(N)ncnc32)C(O)C1OP(=O)(O)O)C(O)C(=O)NCCC(=O)NCCSC(=O)CCCCCCCCCC(=O)O. The summed E-state index contributed by atoms with van der Waals surface area (Å²) < 4.78 is 62.2. The molecule has 3 rings (SSSR count). The van der Waals surface area contributed by atoms with Gasteiger partial charge in [-0.1, -0.05) is 57.7 Å². The average Bonchev–Trinajstić information content (AvgIpc) is 3.73. The summed E-state index contributed by atoms with van der Waals surface area (Å²) in [7, 11) is -16.4. The Morgan fingerprint density at radius 3 is 2.19 bits per heavy atom. The van der Waals surface area contributed by atoms with Crippen LogP contribution in [0.3, 0.4) is 0 Å². The molecule has 352 valence electrons. The molecule has 0 bridgehead atoms. The number of fused-ring (bicyclic) bond motifs is 1. The summed E-state index contributed by atoms with van der Waals surface area (Å²) in [5.74, 6) is -1.93. The van der Waals surface area contributed by atoms with Crippen LogP contribution in [0.15, 0.2) is 12.7 Å². The number of imidazole rings is 1.